The van der Waals surface area contributed by atoms with Crippen LogP contribution in [-0.4, -0.2) is 24.8 Å². The fourth-order valence-electron chi connectivity index (χ4n) is 4.09. The maximum Gasteiger partial charge on any atom is 0.126 e. The average molecular weight is 275 g/mol. The Bertz CT molecular complexity index is 472. The SMILES string of the molecule is COc1cccc(N2CCC3CCCCC32)c1[C@@H](C)O. The highest BCUT2D eigenvalue weighted by atomic mass is 16.5. The van der Waals surface area contributed by atoms with E-state index < -0.39 is 6.10 Å². The molecule has 1 saturated heterocycles. The number of rotatable bonds is 3. The van der Waals surface area contributed by atoms with Crippen molar-refractivity contribution in [2.75, 3.05) is 18.6 Å². The first kappa shape index (κ1) is 13.7. The van der Waals surface area contributed by atoms with Crippen LogP contribution in [0.1, 0.15) is 50.7 Å². The van der Waals surface area contributed by atoms with Crippen molar-refractivity contribution in [3.8, 4) is 5.75 Å². The maximum atomic E-state index is 10.2. The van der Waals surface area contributed by atoms with Crippen molar-refractivity contribution in [2.24, 2.45) is 5.92 Å². The molecular formula is C17H25NO2. The van der Waals surface area contributed by atoms with Gasteiger partial charge in [0.25, 0.3) is 0 Å². The van der Waals surface area contributed by atoms with Gasteiger partial charge in [-0.25, -0.2) is 0 Å². The van der Waals surface area contributed by atoms with Crippen LogP contribution in [0.3, 0.4) is 0 Å². The topological polar surface area (TPSA) is 32.7 Å². The second-order valence-electron chi connectivity index (χ2n) is 6.16. The quantitative estimate of drug-likeness (QED) is 0.916. The normalized spacial score (nSPS) is 27.2. The highest BCUT2D eigenvalue weighted by Gasteiger charge is 2.37. The van der Waals surface area contributed by atoms with Gasteiger partial charge in [0.2, 0.25) is 0 Å². The molecule has 1 aliphatic carbocycles. The molecule has 2 aliphatic rings. The Labute approximate surface area is 121 Å². The summed E-state index contributed by atoms with van der Waals surface area (Å²) in [5, 5.41) is 10.2. The summed E-state index contributed by atoms with van der Waals surface area (Å²) in [4.78, 5) is 2.52. The number of fused-ring (bicyclic) bond motifs is 1. The van der Waals surface area contributed by atoms with E-state index in [1.165, 1.54) is 37.8 Å². The van der Waals surface area contributed by atoms with Crippen LogP contribution in [0.4, 0.5) is 5.69 Å². The molecular weight excluding hydrogens is 250 g/mol. The van der Waals surface area contributed by atoms with Crippen molar-refractivity contribution in [1.29, 1.82) is 0 Å². The van der Waals surface area contributed by atoms with Gasteiger partial charge >= 0.3 is 0 Å². The summed E-state index contributed by atoms with van der Waals surface area (Å²) in [6.07, 6.45) is 6.18. The van der Waals surface area contributed by atoms with E-state index in [2.05, 4.69) is 11.0 Å². The molecule has 1 saturated carbocycles. The molecule has 2 unspecified atom stereocenters. The van der Waals surface area contributed by atoms with E-state index in [4.69, 9.17) is 4.74 Å². The largest absolute Gasteiger partial charge is 0.496 e. The van der Waals surface area contributed by atoms with E-state index >= 15 is 0 Å². The van der Waals surface area contributed by atoms with Gasteiger partial charge in [-0.05, 0) is 44.2 Å². The number of aliphatic hydroxyl groups excluding tert-OH is 1. The van der Waals surface area contributed by atoms with E-state index in [1.807, 2.05) is 19.1 Å². The number of benzene rings is 1. The third-order valence-electron chi connectivity index (χ3n) is 5.00. The van der Waals surface area contributed by atoms with Crippen molar-refractivity contribution in [3.63, 3.8) is 0 Å². The number of aliphatic hydroxyl groups is 1. The van der Waals surface area contributed by atoms with Gasteiger partial charge in [-0.15, -0.1) is 0 Å². The van der Waals surface area contributed by atoms with Crippen molar-refractivity contribution in [3.05, 3.63) is 23.8 Å². The molecule has 1 heterocycles. The summed E-state index contributed by atoms with van der Waals surface area (Å²) in [5.41, 5.74) is 2.12. The molecule has 1 aromatic rings. The van der Waals surface area contributed by atoms with Gasteiger partial charge in [0.1, 0.15) is 5.75 Å². The van der Waals surface area contributed by atoms with Crippen LogP contribution < -0.4 is 9.64 Å². The number of nitrogens with zero attached hydrogens (tertiary/aromatic N) is 1. The molecule has 0 spiro atoms. The average Bonchev–Trinajstić information content (AvgIpc) is 2.90. The van der Waals surface area contributed by atoms with Crippen LogP contribution in [0.25, 0.3) is 0 Å². The number of hydrogen-bond acceptors (Lipinski definition) is 3. The molecule has 3 atom stereocenters. The molecule has 1 aliphatic heterocycles. The predicted molar refractivity (Wildman–Crippen MR) is 81.3 cm³/mol. The molecule has 3 heteroatoms. The van der Waals surface area contributed by atoms with Crippen LogP contribution in [-0.2, 0) is 0 Å². The Balaban J connectivity index is 1.97. The van der Waals surface area contributed by atoms with Crippen molar-refractivity contribution < 1.29 is 9.84 Å². The van der Waals surface area contributed by atoms with E-state index in [1.54, 1.807) is 7.11 Å². The van der Waals surface area contributed by atoms with Crippen molar-refractivity contribution in [2.45, 2.75) is 51.2 Å². The highest BCUT2D eigenvalue weighted by Crippen LogP contribution is 2.43. The van der Waals surface area contributed by atoms with Crippen LogP contribution in [0, 0.1) is 5.92 Å². The fourth-order valence-corrected chi connectivity index (χ4v) is 4.09. The maximum absolute atomic E-state index is 10.2. The van der Waals surface area contributed by atoms with Gasteiger partial charge in [0.05, 0.1) is 13.2 Å². The zero-order chi connectivity index (χ0) is 14.1. The van der Waals surface area contributed by atoms with Gasteiger partial charge in [-0.1, -0.05) is 18.9 Å². The molecule has 1 N–H and O–H groups in total. The minimum Gasteiger partial charge on any atom is -0.496 e. The lowest BCUT2D eigenvalue weighted by atomic mass is 9.85. The Morgan fingerprint density at radius 3 is 2.80 bits per heavy atom. The Morgan fingerprint density at radius 2 is 2.05 bits per heavy atom. The minimum atomic E-state index is -0.496. The second kappa shape index (κ2) is 5.65. The number of methoxy groups -OCH3 is 1. The smallest absolute Gasteiger partial charge is 0.126 e. The standard InChI is InChI=1S/C17H25NO2/c1-12(19)17-15(8-5-9-16(17)20-2)18-11-10-13-6-3-4-7-14(13)18/h5,8-9,12-14,19H,3-4,6-7,10-11H2,1-2H3/t12-,13?,14?/m1/s1. The van der Waals surface area contributed by atoms with Crippen molar-refractivity contribution in [1.82, 2.24) is 0 Å². The fraction of sp³-hybridized carbons (Fsp3) is 0.647. The summed E-state index contributed by atoms with van der Waals surface area (Å²) in [6.45, 7) is 2.94. The minimum absolute atomic E-state index is 0.496. The number of hydrogen-bond donors (Lipinski definition) is 1. The van der Waals surface area contributed by atoms with E-state index in [0.29, 0.717) is 6.04 Å². The summed E-state index contributed by atoms with van der Waals surface area (Å²) >= 11 is 0. The Kier molecular flexibility index (Phi) is 3.88. The zero-order valence-electron chi connectivity index (χ0n) is 12.5. The molecule has 0 aromatic heterocycles. The molecule has 20 heavy (non-hydrogen) atoms. The van der Waals surface area contributed by atoms with Gasteiger partial charge in [0.15, 0.2) is 0 Å². The third kappa shape index (κ3) is 2.28. The number of ether oxygens (including phenoxy) is 1. The monoisotopic (exact) mass is 275 g/mol. The van der Waals surface area contributed by atoms with Crippen LogP contribution in [0.5, 0.6) is 5.75 Å². The van der Waals surface area contributed by atoms with E-state index in [9.17, 15) is 5.11 Å². The summed E-state index contributed by atoms with van der Waals surface area (Å²) in [7, 11) is 1.68. The summed E-state index contributed by atoms with van der Waals surface area (Å²) in [5.74, 6) is 1.65. The van der Waals surface area contributed by atoms with E-state index in [-0.39, 0.29) is 0 Å². The lowest BCUT2D eigenvalue weighted by Gasteiger charge is -2.35. The van der Waals surface area contributed by atoms with Crippen molar-refractivity contribution >= 4 is 5.69 Å². The molecule has 0 radical (unpaired) electrons. The molecule has 0 bridgehead atoms. The lowest BCUT2D eigenvalue weighted by molar-refractivity contribution is 0.194. The molecule has 3 rings (SSSR count). The summed E-state index contributed by atoms with van der Waals surface area (Å²) in [6, 6.07) is 6.78. The van der Waals surface area contributed by atoms with Gasteiger partial charge in [-0.2, -0.15) is 0 Å². The first-order chi connectivity index (χ1) is 9.72. The lowest BCUT2D eigenvalue weighted by Crippen LogP contribution is -2.35. The molecule has 1 aromatic carbocycles. The highest BCUT2D eigenvalue weighted by molar-refractivity contribution is 5.61. The van der Waals surface area contributed by atoms with Gasteiger partial charge in [-0.3, -0.25) is 0 Å². The van der Waals surface area contributed by atoms with Crippen LogP contribution >= 0.6 is 0 Å². The molecule has 3 nitrogen and oxygen atoms in total. The Hall–Kier alpha value is -1.22. The first-order valence-corrected chi connectivity index (χ1v) is 7.84. The molecule has 0 amide bonds. The van der Waals surface area contributed by atoms with Gasteiger partial charge < -0.3 is 14.7 Å². The van der Waals surface area contributed by atoms with Crippen LogP contribution in [0.2, 0.25) is 0 Å². The van der Waals surface area contributed by atoms with E-state index in [0.717, 1.165) is 23.8 Å². The second-order valence-corrected chi connectivity index (χ2v) is 6.16. The predicted octanol–water partition coefficient (Wildman–Crippen LogP) is 3.52. The molecule has 2 fully saturated rings. The zero-order valence-corrected chi connectivity index (χ0v) is 12.5. The third-order valence-corrected chi connectivity index (χ3v) is 5.00. The number of anilines is 1. The summed E-state index contributed by atoms with van der Waals surface area (Å²) < 4.78 is 5.46. The first-order valence-electron chi connectivity index (χ1n) is 7.84. The Morgan fingerprint density at radius 1 is 1.25 bits per heavy atom. The van der Waals surface area contributed by atoms with Crippen LogP contribution in [0.15, 0.2) is 18.2 Å². The van der Waals surface area contributed by atoms with Gasteiger partial charge in [0, 0.05) is 23.8 Å². The molecule has 110 valence electrons.